The van der Waals surface area contributed by atoms with E-state index in [-0.39, 0.29) is 0 Å². The summed E-state index contributed by atoms with van der Waals surface area (Å²) in [4.78, 5) is 5.11. The molecule has 0 bridgehead atoms. The van der Waals surface area contributed by atoms with E-state index in [0.29, 0.717) is 6.04 Å². The van der Waals surface area contributed by atoms with E-state index < -0.39 is 0 Å². The van der Waals surface area contributed by atoms with Crippen LogP contribution in [0.25, 0.3) is 0 Å². The van der Waals surface area contributed by atoms with Crippen LogP contribution in [0.5, 0.6) is 0 Å². The monoisotopic (exact) mass is 293 g/mol. The molecule has 0 saturated carbocycles. The van der Waals surface area contributed by atoms with Gasteiger partial charge in [0.15, 0.2) is 0 Å². The van der Waals surface area contributed by atoms with Crippen molar-refractivity contribution < 1.29 is 0 Å². The van der Waals surface area contributed by atoms with E-state index in [1.54, 1.807) is 0 Å². The lowest BCUT2D eigenvalue weighted by Crippen LogP contribution is -2.50. The van der Waals surface area contributed by atoms with Crippen molar-refractivity contribution in [1.82, 2.24) is 20.0 Å². The lowest BCUT2D eigenvalue weighted by atomic mass is 10.1. The van der Waals surface area contributed by atoms with Gasteiger partial charge in [0.25, 0.3) is 0 Å². The van der Waals surface area contributed by atoms with E-state index in [0.717, 1.165) is 45.0 Å². The molecule has 1 N–H and O–H groups in total. The zero-order chi connectivity index (χ0) is 15.4. The summed E-state index contributed by atoms with van der Waals surface area (Å²) < 4.78 is 2.06. The van der Waals surface area contributed by atoms with Crippen LogP contribution in [-0.4, -0.2) is 53.4 Å². The molecule has 1 saturated heterocycles. The highest BCUT2D eigenvalue weighted by molar-refractivity contribution is 5.50. The molecular weight excluding hydrogens is 262 g/mol. The van der Waals surface area contributed by atoms with Gasteiger partial charge in [0.1, 0.15) is 5.82 Å². The fraction of sp³-hybridized carbons (Fsp3) is 0.812. The first-order valence-electron chi connectivity index (χ1n) is 8.30. The molecule has 1 fully saturated rings. The van der Waals surface area contributed by atoms with Crippen molar-refractivity contribution in [3.63, 3.8) is 0 Å². The summed E-state index contributed by atoms with van der Waals surface area (Å²) in [5.41, 5.74) is 2.51. The highest BCUT2D eigenvalue weighted by Gasteiger charge is 2.24. The fourth-order valence-electron chi connectivity index (χ4n) is 3.18. The van der Waals surface area contributed by atoms with Gasteiger partial charge in [-0.15, -0.1) is 0 Å². The number of rotatable bonds is 6. The predicted molar refractivity (Wildman–Crippen MR) is 88.9 cm³/mol. The van der Waals surface area contributed by atoms with E-state index in [9.17, 15) is 0 Å². The first-order valence-corrected chi connectivity index (χ1v) is 8.30. The van der Waals surface area contributed by atoms with Gasteiger partial charge in [0.2, 0.25) is 0 Å². The molecule has 1 aliphatic rings. The molecule has 1 atom stereocenters. The van der Waals surface area contributed by atoms with Crippen LogP contribution < -0.4 is 10.2 Å². The molecule has 0 radical (unpaired) electrons. The number of piperazine rings is 1. The molecule has 1 aromatic rings. The minimum Gasteiger partial charge on any atom is -0.354 e. The Bertz CT molecular complexity index is 446. The summed E-state index contributed by atoms with van der Waals surface area (Å²) in [6, 6.07) is 0.696. The van der Waals surface area contributed by atoms with Crippen molar-refractivity contribution in [2.45, 2.75) is 46.7 Å². The molecule has 2 heterocycles. The topological polar surface area (TPSA) is 36.3 Å². The summed E-state index contributed by atoms with van der Waals surface area (Å²) in [6.07, 6.45) is 1.23. The molecule has 21 heavy (non-hydrogen) atoms. The minimum absolute atomic E-state index is 0.696. The van der Waals surface area contributed by atoms with Crippen LogP contribution in [-0.2, 0) is 13.6 Å². The molecular formula is C16H31N5. The van der Waals surface area contributed by atoms with Gasteiger partial charge in [-0.3, -0.25) is 9.58 Å². The maximum absolute atomic E-state index is 4.63. The molecule has 5 nitrogen and oxygen atoms in total. The largest absolute Gasteiger partial charge is 0.354 e. The number of hydrogen-bond donors (Lipinski definition) is 1. The van der Waals surface area contributed by atoms with Crippen molar-refractivity contribution >= 4 is 5.82 Å². The van der Waals surface area contributed by atoms with Gasteiger partial charge in [0, 0.05) is 51.4 Å². The van der Waals surface area contributed by atoms with Crippen LogP contribution in [0.1, 0.15) is 38.4 Å². The van der Waals surface area contributed by atoms with E-state index in [1.807, 2.05) is 0 Å². The summed E-state index contributed by atoms with van der Waals surface area (Å²) in [5, 5.41) is 8.07. The Hall–Kier alpha value is -1.07. The molecule has 0 aromatic carbocycles. The Morgan fingerprint density at radius 3 is 2.43 bits per heavy atom. The molecule has 1 aliphatic heterocycles. The molecule has 0 amide bonds. The normalized spacial score (nSPS) is 18.2. The molecule has 120 valence electrons. The second kappa shape index (κ2) is 7.27. The van der Waals surface area contributed by atoms with E-state index in [4.69, 9.17) is 0 Å². The number of nitrogens with one attached hydrogen (secondary N) is 1. The number of anilines is 1. The SMILES string of the molecule is CCNCc1c(C)nn(C)c1N1CCN(C(C)CC)CC1. The van der Waals surface area contributed by atoms with Gasteiger partial charge in [-0.05, 0) is 26.8 Å². The van der Waals surface area contributed by atoms with Crippen molar-refractivity contribution in [1.29, 1.82) is 0 Å². The fourth-order valence-corrected chi connectivity index (χ4v) is 3.18. The maximum atomic E-state index is 4.63. The van der Waals surface area contributed by atoms with Gasteiger partial charge >= 0.3 is 0 Å². The molecule has 1 aromatic heterocycles. The Labute approximate surface area is 129 Å². The first kappa shape index (κ1) is 16.3. The van der Waals surface area contributed by atoms with E-state index in [1.165, 1.54) is 17.8 Å². The highest BCUT2D eigenvalue weighted by atomic mass is 15.4. The van der Waals surface area contributed by atoms with Gasteiger partial charge < -0.3 is 10.2 Å². The van der Waals surface area contributed by atoms with Crippen molar-refractivity contribution in [3.8, 4) is 0 Å². The highest BCUT2D eigenvalue weighted by Crippen LogP contribution is 2.24. The minimum atomic E-state index is 0.696. The number of hydrogen-bond acceptors (Lipinski definition) is 4. The maximum Gasteiger partial charge on any atom is 0.131 e. The summed E-state index contributed by atoms with van der Waals surface area (Å²) in [7, 11) is 2.07. The lowest BCUT2D eigenvalue weighted by molar-refractivity contribution is 0.192. The molecule has 1 unspecified atom stereocenters. The van der Waals surface area contributed by atoms with Crippen LogP contribution in [0.15, 0.2) is 0 Å². The van der Waals surface area contributed by atoms with Crippen molar-refractivity contribution in [2.24, 2.45) is 7.05 Å². The zero-order valence-corrected chi connectivity index (χ0v) is 14.3. The lowest BCUT2D eigenvalue weighted by Gasteiger charge is -2.39. The van der Waals surface area contributed by atoms with Crippen LogP contribution in [0.3, 0.4) is 0 Å². The Morgan fingerprint density at radius 2 is 1.86 bits per heavy atom. The van der Waals surface area contributed by atoms with Crippen LogP contribution in [0.2, 0.25) is 0 Å². The summed E-state index contributed by atoms with van der Waals surface area (Å²) in [6.45, 7) is 15.3. The Balaban J connectivity index is 2.09. The van der Waals surface area contributed by atoms with E-state index in [2.05, 4.69) is 59.6 Å². The number of nitrogens with zero attached hydrogens (tertiary/aromatic N) is 4. The average Bonchev–Trinajstić information content (AvgIpc) is 2.78. The first-order chi connectivity index (χ1) is 10.1. The smallest absolute Gasteiger partial charge is 0.131 e. The third-order valence-corrected chi connectivity index (χ3v) is 4.69. The van der Waals surface area contributed by atoms with Crippen molar-refractivity contribution in [3.05, 3.63) is 11.3 Å². The Morgan fingerprint density at radius 1 is 1.19 bits per heavy atom. The standard InChI is InChI=1S/C16H31N5/c1-6-13(3)20-8-10-21(11-9-20)16-15(12-17-7-2)14(4)18-19(16)5/h13,17H,6-12H2,1-5H3. The quantitative estimate of drug-likeness (QED) is 0.867. The average molecular weight is 293 g/mol. The van der Waals surface area contributed by atoms with Crippen molar-refractivity contribution in [2.75, 3.05) is 37.6 Å². The third-order valence-electron chi connectivity index (χ3n) is 4.69. The van der Waals surface area contributed by atoms with Crippen LogP contribution >= 0.6 is 0 Å². The summed E-state index contributed by atoms with van der Waals surface area (Å²) in [5.74, 6) is 1.30. The van der Waals surface area contributed by atoms with Gasteiger partial charge in [-0.25, -0.2) is 0 Å². The molecule has 2 rings (SSSR count). The number of aryl methyl sites for hydroxylation is 2. The molecule has 0 spiro atoms. The predicted octanol–water partition coefficient (Wildman–Crippen LogP) is 1.76. The van der Waals surface area contributed by atoms with E-state index >= 15 is 0 Å². The van der Waals surface area contributed by atoms with Crippen LogP contribution in [0.4, 0.5) is 5.82 Å². The van der Waals surface area contributed by atoms with Gasteiger partial charge in [-0.1, -0.05) is 13.8 Å². The summed E-state index contributed by atoms with van der Waals surface area (Å²) >= 11 is 0. The van der Waals surface area contributed by atoms with Gasteiger partial charge in [-0.2, -0.15) is 5.10 Å². The van der Waals surface area contributed by atoms with Crippen LogP contribution in [0, 0.1) is 6.92 Å². The molecule has 5 heteroatoms. The third kappa shape index (κ3) is 3.58. The molecule has 0 aliphatic carbocycles. The number of aromatic nitrogens is 2. The second-order valence-electron chi connectivity index (χ2n) is 6.07. The second-order valence-corrected chi connectivity index (χ2v) is 6.07. The Kier molecular flexibility index (Phi) is 5.65. The zero-order valence-electron chi connectivity index (χ0n) is 14.3. The van der Waals surface area contributed by atoms with Gasteiger partial charge in [0.05, 0.1) is 5.69 Å².